The molecule has 0 bridgehead atoms. The van der Waals surface area contributed by atoms with E-state index in [1.807, 2.05) is 31.2 Å². The zero-order valence-electron chi connectivity index (χ0n) is 9.00. The maximum atomic E-state index is 13.0. The van der Waals surface area contributed by atoms with E-state index in [1.54, 1.807) is 6.07 Å². The van der Waals surface area contributed by atoms with Crippen LogP contribution in [0.5, 0.6) is 0 Å². The second kappa shape index (κ2) is 4.23. The van der Waals surface area contributed by atoms with Crippen molar-refractivity contribution in [2.24, 2.45) is 0 Å². The minimum atomic E-state index is -0.253. The molecular weight excluding hydrogens is 203 g/mol. The van der Waals surface area contributed by atoms with Crippen molar-refractivity contribution in [3.05, 3.63) is 53.8 Å². The van der Waals surface area contributed by atoms with Gasteiger partial charge in [0, 0.05) is 17.1 Å². The Kier molecular flexibility index (Phi) is 2.77. The molecule has 0 spiro atoms. The predicted octanol–water partition coefficient (Wildman–Crippen LogP) is 3.46. The average Bonchev–Trinajstić information content (AvgIpc) is 2.24. The number of benzene rings is 2. The van der Waals surface area contributed by atoms with Gasteiger partial charge in [0.1, 0.15) is 5.82 Å². The molecule has 3 N–H and O–H groups in total. The average molecular weight is 216 g/mol. The highest BCUT2D eigenvalue weighted by Gasteiger charge is 1.98. The van der Waals surface area contributed by atoms with Gasteiger partial charge in [-0.25, -0.2) is 4.39 Å². The summed E-state index contributed by atoms with van der Waals surface area (Å²) >= 11 is 0. The Balaban J connectivity index is 2.24. The van der Waals surface area contributed by atoms with Gasteiger partial charge < -0.3 is 11.1 Å². The van der Waals surface area contributed by atoms with Crippen molar-refractivity contribution >= 4 is 17.1 Å². The third-order valence-corrected chi connectivity index (χ3v) is 2.38. The Morgan fingerprint density at radius 2 is 1.81 bits per heavy atom. The SMILES string of the molecule is Cc1cc(Nc2cccc(F)c2)ccc1N. The van der Waals surface area contributed by atoms with Crippen molar-refractivity contribution < 1.29 is 4.39 Å². The molecule has 82 valence electrons. The van der Waals surface area contributed by atoms with Crippen molar-refractivity contribution in [1.29, 1.82) is 0 Å². The van der Waals surface area contributed by atoms with E-state index in [2.05, 4.69) is 5.32 Å². The molecule has 0 saturated heterocycles. The monoisotopic (exact) mass is 216 g/mol. The van der Waals surface area contributed by atoms with Crippen molar-refractivity contribution in [1.82, 2.24) is 0 Å². The summed E-state index contributed by atoms with van der Waals surface area (Å²) in [7, 11) is 0. The molecule has 0 fully saturated rings. The molecule has 0 aliphatic rings. The molecule has 0 heterocycles. The van der Waals surface area contributed by atoms with Crippen LogP contribution in [0, 0.1) is 12.7 Å². The van der Waals surface area contributed by atoms with Crippen LogP contribution in [0.2, 0.25) is 0 Å². The highest BCUT2D eigenvalue weighted by atomic mass is 19.1. The quantitative estimate of drug-likeness (QED) is 0.754. The molecule has 0 aliphatic heterocycles. The van der Waals surface area contributed by atoms with Gasteiger partial charge in [0.25, 0.3) is 0 Å². The summed E-state index contributed by atoms with van der Waals surface area (Å²) in [6.45, 7) is 1.94. The van der Waals surface area contributed by atoms with Gasteiger partial charge >= 0.3 is 0 Å². The van der Waals surface area contributed by atoms with Gasteiger partial charge in [-0.2, -0.15) is 0 Å². The van der Waals surface area contributed by atoms with Crippen LogP contribution in [0.1, 0.15) is 5.56 Å². The first-order valence-corrected chi connectivity index (χ1v) is 5.04. The second-order valence-corrected chi connectivity index (χ2v) is 3.71. The first kappa shape index (κ1) is 10.5. The van der Waals surface area contributed by atoms with Crippen LogP contribution in [0.3, 0.4) is 0 Å². The van der Waals surface area contributed by atoms with E-state index in [9.17, 15) is 4.39 Å². The number of halogens is 1. The van der Waals surface area contributed by atoms with Gasteiger partial charge in [0.15, 0.2) is 0 Å². The van der Waals surface area contributed by atoms with E-state index >= 15 is 0 Å². The minimum Gasteiger partial charge on any atom is -0.399 e. The summed E-state index contributed by atoms with van der Waals surface area (Å²) in [5.74, 6) is -0.253. The zero-order valence-corrected chi connectivity index (χ0v) is 9.00. The lowest BCUT2D eigenvalue weighted by Crippen LogP contribution is -1.94. The van der Waals surface area contributed by atoms with Gasteiger partial charge in [0.05, 0.1) is 0 Å². The summed E-state index contributed by atoms with van der Waals surface area (Å²) in [6.07, 6.45) is 0. The fourth-order valence-electron chi connectivity index (χ4n) is 1.49. The van der Waals surface area contributed by atoms with Crippen molar-refractivity contribution in [2.45, 2.75) is 6.92 Å². The Bertz CT molecular complexity index is 509. The number of hydrogen-bond acceptors (Lipinski definition) is 2. The lowest BCUT2D eigenvalue weighted by atomic mass is 10.2. The highest BCUT2D eigenvalue weighted by molar-refractivity contribution is 5.64. The number of anilines is 3. The van der Waals surface area contributed by atoms with Crippen LogP contribution in [0.4, 0.5) is 21.5 Å². The molecule has 3 heteroatoms. The second-order valence-electron chi connectivity index (χ2n) is 3.71. The fourth-order valence-corrected chi connectivity index (χ4v) is 1.49. The smallest absolute Gasteiger partial charge is 0.125 e. The Morgan fingerprint density at radius 1 is 1.06 bits per heavy atom. The Hall–Kier alpha value is -2.03. The van der Waals surface area contributed by atoms with Crippen LogP contribution >= 0.6 is 0 Å². The molecule has 2 nitrogen and oxygen atoms in total. The largest absolute Gasteiger partial charge is 0.399 e. The third kappa shape index (κ3) is 2.31. The lowest BCUT2D eigenvalue weighted by Gasteiger charge is -2.08. The molecule has 0 unspecified atom stereocenters. The maximum absolute atomic E-state index is 13.0. The maximum Gasteiger partial charge on any atom is 0.125 e. The minimum absolute atomic E-state index is 0.253. The molecule has 2 rings (SSSR count). The van der Waals surface area contributed by atoms with Gasteiger partial charge in [-0.15, -0.1) is 0 Å². The molecule has 0 radical (unpaired) electrons. The van der Waals surface area contributed by atoms with Crippen molar-refractivity contribution in [3.63, 3.8) is 0 Å². The fraction of sp³-hybridized carbons (Fsp3) is 0.0769. The Labute approximate surface area is 93.9 Å². The van der Waals surface area contributed by atoms with Gasteiger partial charge in [-0.1, -0.05) is 6.07 Å². The van der Waals surface area contributed by atoms with E-state index in [4.69, 9.17) is 5.73 Å². The summed E-state index contributed by atoms with van der Waals surface area (Å²) in [6, 6.07) is 12.0. The highest BCUT2D eigenvalue weighted by Crippen LogP contribution is 2.21. The molecule has 0 amide bonds. The molecule has 0 saturated carbocycles. The summed E-state index contributed by atoms with van der Waals surface area (Å²) < 4.78 is 13.0. The van der Waals surface area contributed by atoms with Crippen LogP contribution in [0.15, 0.2) is 42.5 Å². The van der Waals surface area contributed by atoms with E-state index < -0.39 is 0 Å². The molecule has 2 aromatic carbocycles. The van der Waals surface area contributed by atoms with Gasteiger partial charge in [-0.3, -0.25) is 0 Å². The number of nitrogens with one attached hydrogen (secondary N) is 1. The van der Waals surface area contributed by atoms with E-state index in [1.165, 1.54) is 12.1 Å². The zero-order chi connectivity index (χ0) is 11.5. The van der Waals surface area contributed by atoms with Crippen molar-refractivity contribution in [2.75, 3.05) is 11.1 Å². The van der Waals surface area contributed by atoms with Gasteiger partial charge in [-0.05, 0) is 48.9 Å². The van der Waals surface area contributed by atoms with E-state index in [0.29, 0.717) is 0 Å². The lowest BCUT2D eigenvalue weighted by molar-refractivity contribution is 0.628. The van der Waals surface area contributed by atoms with Gasteiger partial charge in [0.2, 0.25) is 0 Å². The number of hydrogen-bond donors (Lipinski definition) is 2. The Morgan fingerprint density at radius 3 is 2.50 bits per heavy atom. The molecule has 0 aromatic heterocycles. The molecule has 0 aliphatic carbocycles. The van der Waals surface area contributed by atoms with Crippen LogP contribution < -0.4 is 11.1 Å². The van der Waals surface area contributed by atoms with E-state index in [-0.39, 0.29) is 5.82 Å². The molecule has 2 aromatic rings. The van der Waals surface area contributed by atoms with E-state index in [0.717, 1.165) is 22.6 Å². The molecule has 0 atom stereocenters. The van der Waals surface area contributed by atoms with Crippen molar-refractivity contribution in [3.8, 4) is 0 Å². The first-order valence-electron chi connectivity index (χ1n) is 5.04. The third-order valence-electron chi connectivity index (χ3n) is 2.38. The predicted molar refractivity (Wildman–Crippen MR) is 65.3 cm³/mol. The number of nitrogen functional groups attached to an aromatic ring is 1. The standard InChI is InChI=1S/C13H13FN2/c1-9-7-12(5-6-13(9)15)16-11-4-2-3-10(14)8-11/h2-8,16H,15H2,1H3. The molecular formula is C13H13FN2. The number of rotatable bonds is 2. The topological polar surface area (TPSA) is 38.0 Å². The first-order chi connectivity index (χ1) is 7.65. The summed E-state index contributed by atoms with van der Waals surface area (Å²) in [5.41, 5.74) is 9.10. The normalized spacial score (nSPS) is 10.1. The van der Waals surface area contributed by atoms with Crippen LogP contribution in [0.25, 0.3) is 0 Å². The molecule has 16 heavy (non-hydrogen) atoms. The summed E-state index contributed by atoms with van der Waals surface area (Å²) in [4.78, 5) is 0. The van der Waals surface area contributed by atoms with Crippen LogP contribution in [-0.2, 0) is 0 Å². The number of nitrogens with two attached hydrogens (primary N) is 1. The summed E-state index contributed by atoms with van der Waals surface area (Å²) in [5, 5.41) is 3.12. The number of aryl methyl sites for hydroxylation is 1. The van der Waals surface area contributed by atoms with Crippen LogP contribution in [-0.4, -0.2) is 0 Å².